The van der Waals surface area contributed by atoms with Crippen molar-refractivity contribution in [3.05, 3.63) is 0 Å². The van der Waals surface area contributed by atoms with E-state index in [-0.39, 0.29) is 64.9 Å². The molecule has 0 N–H and O–H groups in total. The van der Waals surface area contributed by atoms with Crippen molar-refractivity contribution in [1.82, 2.24) is 0 Å². The molecular weight excluding hydrogens is 143 g/mol. The van der Waals surface area contributed by atoms with Gasteiger partial charge < -0.3 is 30.5 Å². The SMILES string of the molecule is CO[C-]=S.[K+].[SH-]. The first-order valence-corrected chi connectivity index (χ1v) is 1.22. The van der Waals surface area contributed by atoms with Gasteiger partial charge in [0.15, 0.2) is 0 Å². The second-order valence-corrected chi connectivity index (χ2v) is 0.454. The molecule has 0 heterocycles. The van der Waals surface area contributed by atoms with E-state index in [1.165, 1.54) is 7.11 Å². The molecule has 6 heavy (non-hydrogen) atoms. The molecule has 0 unspecified atom stereocenters. The van der Waals surface area contributed by atoms with Gasteiger partial charge in [0.1, 0.15) is 0 Å². The molecule has 1 nitrogen and oxygen atoms in total. The molecule has 0 rings (SSSR count). The third-order valence-electron chi connectivity index (χ3n) is 0.0833. The first kappa shape index (κ1) is 15.7. The van der Waals surface area contributed by atoms with E-state index >= 15 is 0 Å². The molecule has 0 spiro atoms. The van der Waals surface area contributed by atoms with Crippen LogP contribution in [-0.2, 0) is 18.2 Å². The first-order chi connectivity index (χ1) is 1.91. The summed E-state index contributed by atoms with van der Waals surface area (Å²) in [6.07, 6.45) is 0. The average molecular weight is 147 g/mol. The molecule has 0 amide bonds. The predicted molar refractivity (Wildman–Crippen MR) is 28.4 cm³/mol. The number of thiol groups is 1. The van der Waals surface area contributed by atoms with Crippen LogP contribution in [0.15, 0.2) is 0 Å². The molecule has 0 aromatic carbocycles. The van der Waals surface area contributed by atoms with Crippen LogP contribution in [0.3, 0.4) is 0 Å². The zero-order valence-corrected chi connectivity index (χ0v) is 8.60. The topological polar surface area (TPSA) is 9.23 Å². The summed E-state index contributed by atoms with van der Waals surface area (Å²) < 4.78 is 4.11. The minimum absolute atomic E-state index is 0. The fourth-order valence-electron chi connectivity index (χ4n) is 0. The van der Waals surface area contributed by atoms with Gasteiger partial charge in [0.2, 0.25) is 0 Å². The molecule has 0 aromatic rings. The smallest absolute Gasteiger partial charge is 0.813 e. The summed E-state index contributed by atoms with van der Waals surface area (Å²) in [5, 5.41) is 0. The molecule has 0 aromatic heterocycles. The van der Waals surface area contributed by atoms with E-state index in [2.05, 4.69) is 17.0 Å². The zero-order valence-electron chi connectivity index (χ0n) is 3.76. The molecule has 4 heteroatoms. The second kappa shape index (κ2) is 15.8. The Bertz CT molecular complexity index is 25.5. The van der Waals surface area contributed by atoms with E-state index in [4.69, 9.17) is 0 Å². The maximum absolute atomic E-state index is 4.11. The summed E-state index contributed by atoms with van der Waals surface area (Å²) in [4.78, 5) is 0. The molecule has 0 aliphatic heterocycles. The van der Waals surface area contributed by atoms with Gasteiger partial charge in [-0.15, -0.1) is 0 Å². The quantitative estimate of drug-likeness (QED) is 0.130. The summed E-state index contributed by atoms with van der Waals surface area (Å²) in [6, 6.07) is 0. The van der Waals surface area contributed by atoms with Crippen molar-refractivity contribution in [3.8, 4) is 0 Å². The van der Waals surface area contributed by atoms with E-state index in [0.717, 1.165) is 0 Å². The summed E-state index contributed by atoms with van der Waals surface area (Å²) >= 11 is 4.08. The minimum atomic E-state index is 0. The van der Waals surface area contributed by atoms with Crippen LogP contribution < -0.4 is 51.4 Å². The Kier molecular flexibility index (Phi) is 41.3. The van der Waals surface area contributed by atoms with Crippen LogP contribution in [-0.4, -0.2) is 12.7 Å². The molecule has 0 aliphatic carbocycles. The number of rotatable bonds is 1. The largest absolute Gasteiger partial charge is 1.00 e. The monoisotopic (exact) mass is 147 g/mol. The maximum atomic E-state index is 4.11. The van der Waals surface area contributed by atoms with Crippen LogP contribution in [0.2, 0.25) is 0 Å². The Hall–Kier alpha value is 1.88. The van der Waals surface area contributed by atoms with Gasteiger partial charge in [0.25, 0.3) is 0 Å². The molecule has 0 atom stereocenters. The summed E-state index contributed by atoms with van der Waals surface area (Å²) in [5.74, 6) is 0. The van der Waals surface area contributed by atoms with Crippen molar-refractivity contribution in [3.63, 3.8) is 0 Å². The second-order valence-electron chi connectivity index (χ2n) is 0.287. The molecule has 0 saturated heterocycles. The Morgan fingerprint density at radius 1 is 1.67 bits per heavy atom. The van der Waals surface area contributed by atoms with Crippen molar-refractivity contribution < 1.29 is 56.1 Å². The van der Waals surface area contributed by atoms with Gasteiger partial charge in [-0.2, -0.15) is 0 Å². The van der Waals surface area contributed by atoms with Gasteiger partial charge >= 0.3 is 51.4 Å². The number of methoxy groups -OCH3 is 1. The van der Waals surface area contributed by atoms with Gasteiger partial charge in [0.05, 0.1) is 0 Å². The van der Waals surface area contributed by atoms with E-state index in [9.17, 15) is 0 Å². The Balaban J connectivity index is -0.0000000450. The molecule has 0 radical (unpaired) electrons. The van der Waals surface area contributed by atoms with E-state index in [0.29, 0.717) is 0 Å². The van der Waals surface area contributed by atoms with Crippen LogP contribution >= 0.6 is 12.2 Å². The van der Waals surface area contributed by atoms with Crippen molar-refractivity contribution in [2.24, 2.45) is 0 Å². The van der Waals surface area contributed by atoms with Crippen molar-refractivity contribution >= 4 is 31.3 Å². The molecule has 0 aliphatic rings. The van der Waals surface area contributed by atoms with Gasteiger partial charge in [-0.05, 0) is 0 Å². The van der Waals surface area contributed by atoms with Crippen LogP contribution in [0.4, 0.5) is 0 Å². The summed E-state index contributed by atoms with van der Waals surface area (Å²) in [7, 11) is 1.47. The van der Waals surface area contributed by atoms with Gasteiger partial charge in [0, 0.05) is 7.11 Å². The Morgan fingerprint density at radius 3 is 1.83 bits per heavy atom. The third-order valence-corrected chi connectivity index (χ3v) is 0.250. The van der Waals surface area contributed by atoms with Crippen LogP contribution in [0.25, 0.3) is 0 Å². The molecule has 32 valence electrons. The van der Waals surface area contributed by atoms with Crippen LogP contribution in [0.5, 0.6) is 0 Å². The van der Waals surface area contributed by atoms with Gasteiger partial charge in [-0.25, -0.2) is 5.55 Å². The standard InChI is InChI=1S/C2H3OS.K.H2S/c1-3-2-4;;/h1H3;;1H2/q-1;+1;/p-1. The van der Waals surface area contributed by atoms with E-state index < -0.39 is 0 Å². The number of hydrogen-bond acceptors (Lipinski definition) is 3. The number of thiocarbonyl (C=S) groups is 1. The van der Waals surface area contributed by atoms with Crippen LogP contribution in [0.1, 0.15) is 0 Å². The molecule has 0 saturated carbocycles. The summed E-state index contributed by atoms with van der Waals surface area (Å²) in [6.45, 7) is 0. The Labute approximate surface area is 92.7 Å². The van der Waals surface area contributed by atoms with Gasteiger partial charge in [-0.1, -0.05) is 0 Å². The van der Waals surface area contributed by atoms with Crippen molar-refractivity contribution in [2.45, 2.75) is 0 Å². The predicted octanol–water partition coefficient (Wildman–Crippen LogP) is -2.80. The number of hydrogen-bond donors (Lipinski definition) is 0. The van der Waals surface area contributed by atoms with Crippen LogP contribution in [0, 0.1) is 0 Å². The van der Waals surface area contributed by atoms with E-state index in [1.54, 1.807) is 0 Å². The maximum Gasteiger partial charge on any atom is 1.00 e. The minimum Gasteiger partial charge on any atom is -0.813 e. The number of ether oxygens (including phenoxy) is 1. The van der Waals surface area contributed by atoms with E-state index in [1.807, 2.05) is 5.55 Å². The normalized spacial score (nSPS) is 3.50. The fraction of sp³-hybridized carbons (Fsp3) is 0.500. The molecule has 0 bridgehead atoms. The van der Waals surface area contributed by atoms with Gasteiger partial charge in [-0.3, -0.25) is 0 Å². The fourth-order valence-corrected chi connectivity index (χ4v) is 0. The summed E-state index contributed by atoms with van der Waals surface area (Å²) in [5.41, 5.74) is 2.01. The van der Waals surface area contributed by atoms with Crippen molar-refractivity contribution in [2.75, 3.05) is 7.11 Å². The van der Waals surface area contributed by atoms with Crippen molar-refractivity contribution in [1.29, 1.82) is 0 Å². The average Bonchev–Trinajstić information content (AvgIpc) is 1.37. The third kappa shape index (κ3) is 16.9. The molecular formula is C2H4KOS2-. The molecule has 0 fully saturated rings. The zero-order chi connectivity index (χ0) is 3.41. The first-order valence-electron chi connectivity index (χ1n) is 0.816. The Morgan fingerprint density at radius 2 is 1.83 bits per heavy atom.